The van der Waals surface area contributed by atoms with Gasteiger partial charge in [-0.3, -0.25) is 0 Å². The molecule has 0 radical (unpaired) electrons. The molecule has 2 aromatic rings. The Kier molecular flexibility index (Phi) is 5.09. The number of alkyl halides is 3. The second-order valence-corrected chi connectivity index (χ2v) is 4.99. The van der Waals surface area contributed by atoms with E-state index in [-0.39, 0.29) is 18.1 Å². The molecule has 6 nitrogen and oxygen atoms in total. The molecule has 0 aliphatic carbocycles. The van der Waals surface area contributed by atoms with Gasteiger partial charge in [-0.1, -0.05) is 0 Å². The van der Waals surface area contributed by atoms with Crippen molar-refractivity contribution in [2.45, 2.75) is 33.0 Å². The summed E-state index contributed by atoms with van der Waals surface area (Å²) >= 11 is 0. The number of rotatable bonds is 5. The number of halogens is 3. The maximum Gasteiger partial charge on any atom is 0.433 e. The summed E-state index contributed by atoms with van der Waals surface area (Å²) in [5, 5.41) is 2.92. The third-order valence-electron chi connectivity index (χ3n) is 2.91. The Bertz CT molecular complexity index is 687. The van der Waals surface area contributed by atoms with E-state index in [9.17, 15) is 13.2 Å². The van der Waals surface area contributed by atoms with Gasteiger partial charge in [-0.25, -0.2) is 19.9 Å². The van der Waals surface area contributed by atoms with E-state index in [1.807, 2.05) is 0 Å². The molecule has 0 fully saturated rings. The van der Waals surface area contributed by atoms with Crippen LogP contribution >= 0.6 is 0 Å². The topological polar surface area (TPSA) is 89.6 Å². The van der Waals surface area contributed by atoms with Crippen molar-refractivity contribution in [1.82, 2.24) is 19.9 Å². The van der Waals surface area contributed by atoms with Gasteiger partial charge in [-0.15, -0.1) is 0 Å². The number of nitrogens with one attached hydrogen (secondary N) is 1. The van der Waals surface area contributed by atoms with Gasteiger partial charge >= 0.3 is 6.18 Å². The quantitative estimate of drug-likeness (QED) is 0.874. The number of hydrogen-bond donors (Lipinski definition) is 2. The average molecular weight is 326 g/mol. The summed E-state index contributed by atoms with van der Waals surface area (Å²) in [7, 11) is 0. The Hall–Kier alpha value is -2.29. The molecule has 2 heterocycles. The molecule has 3 N–H and O–H groups in total. The monoisotopic (exact) mass is 326 g/mol. The second-order valence-electron chi connectivity index (χ2n) is 4.99. The summed E-state index contributed by atoms with van der Waals surface area (Å²) in [5.74, 6) is 1.10. The SMILES string of the molecule is Cc1cc(C(F)(F)F)nc(CNc2cc(CCN)nc(C)n2)n1. The maximum atomic E-state index is 12.8. The van der Waals surface area contributed by atoms with Crippen LogP contribution in [0, 0.1) is 13.8 Å². The van der Waals surface area contributed by atoms with Crippen LogP contribution in [-0.4, -0.2) is 26.5 Å². The number of aromatic nitrogens is 4. The Balaban J connectivity index is 2.16. The molecule has 23 heavy (non-hydrogen) atoms. The number of hydrogen-bond acceptors (Lipinski definition) is 6. The van der Waals surface area contributed by atoms with E-state index in [0.717, 1.165) is 11.8 Å². The lowest BCUT2D eigenvalue weighted by atomic mass is 10.3. The molecule has 9 heteroatoms. The normalized spacial score (nSPS) is 11.6. The van der Waals surface area contributed by atoms with Crippen LogP contribution in [0.1, 0.15) is 28.7 Å². The van der Waals surface area contributed by atoms with Crippen molar-refractivity contribution >= 4 is 5.82 Å². The van der Waals surface area contributed by atoms with Gasteiger partial charge in [0, 0.05) is 23.9 Å². The maximum absolute atomic E-state index is 12.8. The van der Waals surface area contributed by atoms with Crippen molar-refractivity contribution < 1.29 is 13.2 Å². The molecule has 0 bridgehead atoms. The predicted octanol–water partition coefficient (Wildman–Crippen LogP) is 2.02. The van der Waals surface area contributed by atoms with Gasteiger partial charge in [0.25, 0.3) is 0 Å². The van der Waals surface area contributed by atoms with Gasteiger partial charge < -0.3 is 11.1 Å². The highest BCUT2D eigenvalue weighted by Crippen LogP contribution is 2.27. The Labute approximate surface area is 131 Å². The highest BCUT2D eigenvalue weighted by atomic mass is 19.4. The van der Waals surface area contributed by atoms with Crippen molar-refractivity contribution in [3.05, 3.63) is 40.9 Å². The highest BCUT2D eigenvalue weighted by Gasteiger charge is 2.33. The molecular weight excluding hydrogens is 309 g/mol. The molecule has 0 spiro atoms. The van der Waals surface area contributed by atoms with Crippen molar-refractivity contribution in [2.24, 2.45) is 5.73 Å². The summed E-state index contributed by atoms with van der Waals surface area (Å²) < 4.78 is 38.3. The van der Waals surface area contributed by atoms with Crippen LogP contribution in [0.3, 0.4) is 0 Å². The van der Waals surface area contributed by atoms with Crippen molar-refractivity contribution in [3.8, 4) is 0 Å². The van der Waals surface area contributed by atoms with Crippen molar-refractivity contribution in [3.63, 3.8) is 0 Å². The van der Waals surface area contributed by atoms with Crippen LogP contribution in [0.2, 0.25) is 0 Å². The standard InChI is InChI=1S/C14H17F3N6/c1-8-5-11(14(15,16)17)23-13(20-8)7-19-12-6-10(3-4-18)21-9(2)22-12/h5-6H,3-4,7,18H2,1-2H3,(H,19,21,22). The van der Waals surface area contributed by atoms with Crippen molar-refractivity contribution in [1.29, 1.82) is 0 Å². The highest BCUT2D eigenvalue weighted by molar-refractivity contribution is 5.36. The lowest BCUT2D eigenvalue weighted by Gasteiger charge is -2.10. The number of anilines is 1. The smallest absolute Gasteiger partial charge is 0.363 e. The first kappa shape index (κ1) is 17.1. The fourth-order valence-electron chi connectivity index (χ4n) is 2.02. The van der Waals surface area contributed by atoms with E-state index < -0.39 is 11.9 Å². The zero-order valence-electron chi connectivity index (χ0n) is 12.8. The van der Waals surface area contributed by atoms with Crippen LogP contribution in [0.15, 0.2) is 12.1 Å². The Morgan fingerprint density at radius 2 is 1.83 bits per heavy atom. The molecule has 0 aliphatic rings. The van der Waals surface area contributed by atoms with Gasteiger partial charge in [0.1, 0.15) is 23.2 Å². The lowest BCUT2D eigenvalue weighted by Crippen LogP contribution is -2.14. The molecule has 0 unspecified atom stereocenters. The molecule has 0 amide bonds. The first-order valence-corrected chi connectivity index (χ1v) is 6.98. The molecule has 0 saturated carbocycles. The van der Waals surface area contributed by atoms with Gasteiger partial charge in [-0.2, -0.15) is 13.2 Å². The third-order valence-corrected chi connectivity index (χ3v) is 2.91. The minimum absolute atomic E-state index is 0.0310. The molecule has 0 aromatic carbocycles. The van der Waals surface area contributed by atoms with Gasteiger partial charge in [0.2, 0.25) is 0 Å². The first-order chi connectivity index (χ1) is 10.8. The molecular formula is C14H17F3N6. The molecule has 124 valence electrons. The van der Waals surface area contributed by atoms with E-state index in [0.29, 0.717) is 24.6 Å². The number of nitrogens with two attached hydrogens (primary N) is 1. The van der Waals surface area contributed by atoms with Gasteiger partial charge in [-0.05, 0) is 26.5 Å². The molecule has 2 aromatic heterocycles. The zero-order valence-corrected chi connectivity index (χ0v) is 12.8. The summed E-state index contributed by atoms with van der Waals surface area (Å²) in [6.45, 7) is 3.71. The fraction of sp³-hybridized carbons (Fsp3) is 0.429. The zero-order chi connectivity index (χ0) is 17.0. The largest absolute Gasteiger partial charge is 0.433 e. The molecule has 0 saturated heterocycles. The van der Waals surface area contributed by atoms with E-state index in [1.165, 1.54) is 6.92 Å². The minimum atomic E-state index is -4.50. The summed E-state index contributed by atoms with van der Waals surface area (Å²) in [6.07, 6.45) is -3.90. The number of nitrogens with zero attached hydrogens (tertiary/aromatic N) is 4. The van der Waals surface area contributed by atoms with Gasteiger partial charge in [0.05, 0.1) is 6.54 Å². The van der Waals surface area contributed by atoms with Crippen molar-refractivity contribution in [2.75, 3.05) is 11.9 Å². The number of aryl methyl sites for hydroxylation is 2. The third kappa shape index (κ3) is 4.85. The van der Waals surface area contributed by atoms with Gasteiger partial charge in [0.15, 0.2) is 0 Å². The lowest BCUT2D eigenvalue weighted by molar-refractivity contribution is -0.141. The first-order valence-electron chi connectivity index (χ1n) is 6.98. The van der Waals surface area contributed by atoms with E-state index in [1.54, 1.807) is 13.0 Å². The van der Waals surface area contributed by atoms with Crippen LogP contribution in [0.4, 0.5) is 19.0 Å². The Morgan fingerprint density at radius 1 is 1.09 bits per heavy atom. The van der Waals surface area contributed by atoms with Crippen LogP contribution in [0.25, 0.3) is 0 Å². The van der Waals surface area contributed by atoms with E-state index >= 15 is 0 Å². The fourth-order valence-corrected chi connectivity index (χ4v) is 2.02. The minimum Gasteiger partial charge on any atom is -0.363 e. The predicted molar refractivity (Wildman–Crippen MR) is 78.6 cm³/mol. The van der Waals surface area contributed by atoms with Crippen LogP contribution in [-0.2, 0) is 19.1 Å². The summed E-state index contributed by atoms with van der Waals surface area (Å²) in [5.41, 5.74) is 5.56. The van der Waals surface area contributed by atoms with Crippen LogP contribution < -0.4 is 11.1 Å². The molecule has 0 aliphatic heterocycles. The second kappa shape index (κ2) is 6.86. The van der Waals surface area contributed by atoms with E-state index in [2.05, 4.69) is 25.3 Å². The van der Waals surface area contributed by atoms with Crippen LogP contribution in [0.5, 0.6) is 0 Å². The summed E-state index contributed by atoms with van der Waals surface area (Å²) in [6, 6.07) is 2.62. The average Bonchev–Trinajstić information content (AvgIpc) is 2.43. The molecule has 2 rings (SSSR count). The molecule has 0 atom stereocenters. The van der Waals surface area contributed by atoms with E-state index in [4.69, 9.17) is 5.73 Å². The Morgan fingerprint density at radius 3 is 2.48 bits per heavy atom. The summed E-state index contributed by atoms with van der Waals surface area (Å²) in [4.78, 5) is 16.0.